The van der Waals surface area contributed by atoms with E-state index in [2.05, 4.69) is 47.5 Å². The Bertz CT molecular complexity index is 1570. The Morgan fingerprint density at radius 1 is 1.07 bits per heavy atom. The van der Waals surface area contributed by atoms with Crippen LogP contribution in [0.3, 0.4) is 0 Å². The standard InChI is InChI=1S/C18H23BrN2O4.C12H12BrN3O/c1-5-15(22)13-7-6-12(19)8-14(13)20-16(23)11-9-21(10-11)17(24)25-18(2,3)4;1-16-11(7-5-14-6-7)15-10-4-8(13)2-3-9(10)12(16)17/h6-8,11H,5,9-10H2,1-4H3,(H,20,23);2-4,7,14H,5-6H2,1H3. The lowest BCUT2D eigenvalue weighted by Crippen LogP contribution is -2.55. The van der Waals surface area contributed by atoms with Crippen LogP contribution in [0.4, 0.5) is 10.5 Å². The second kappa shape index (κ2) is 13.0. The van der Waals surface area contributed by atoms with Crippen LogP contribution in [0.2, 0.25) is 0 Å². The topological polar surface area (TPSA) is 123 Å². The van der Waals surface area contributed by atoms with Crippen LogP contribution in [0.25, 0.3) is 10.9 Å². The highest BCUT2D eigenvalue weighted by molar-refractivity contribution is 9.10. The highest BCUT2D eigenvalue weighted by Crippen LogP contribution is 2.26. The lowest BCUT2D eigenvalue weighted by molar-refractivity contribution is -0.124. The summed E-state index contributed by atoms with van der Waals surface area (Å²) < 4.78 is 8.67. The van der Waals surface area contributed by atoms with E-state index in [-0.39, 0.29) is 23.2 Å². The summed E-state index contributed by atoms with van der Waals surface area (Å²) in [7, 11) is 1.80. The van der Waals surface area contributed by atoms with Gasteiger partial charge in [-0.15, -0.1) is 0 Å². The molecule has 2 saturated heterocycles. The van der Waals surface area contributed by atoms with Gasteiger partial charge in [-0.1, -0.05) is 38.8 Å². The van der Waals surface area contributed by atoms with Crippen molar-refractivity contribution in [3.05, 3.63) is 67.1 Å². The first-order chi connectivity index (χ1) is 19.8. The molecule has 12 heteroatoms. The number of carbonyl (C=O) groups excluding carboxylic acids is 3. The van der Waals surface area contributed by atoms with E-state index >= 15 is 0 Å². The Morgan fingerprint density at radius 2 is 1.71 bits per heavy atom. The number of likely N-dealkylation sites (tertiary alicyclic amines) is 1. The first kappa shape index (κ1) is 31.8. The summed E-state index contributed by atoms with van der Waals surface area (Å²) in [5.41, 5.74) is 1.22. The van der Waals surface area contributed by atoms with E-state index in [4.69, 9.17) is 4.74 Å². The smallest absolute Gasteiger partial charge is 0.410 e. The third-order valence-electron chi connectivity index (χ3n) is 6.99. The van der Waals surface area contributed by atoms with Crippen LogP contribution in [0.1, 0.15) is 56.2 Å². The summed E-state index contributed by atoms with van der Waals surface area (Å²) in [5.74, 6) is 0.682. The van der Waals surface area contributed by atoms with Crippen molar-refractivity contribution < 1.29 is 19.1 Å². The fraction of sp³-hybridized carbons (Fsp3) is 0.433. The normalized spacial score (nSPS) is 15.3. The predicted octanol–water partition coefficient (Wildman–Crippen LogP) is 5.23. The molecule has 2 fully saturated rings. The number of ether oxygens (including phenoxy) is 1. The van der Waals surface area contributed by atoms with Crippen molar-refractivity contribution in [3.8, 4) is 0 Å². The van der Waals surface area contributed by atoms with Crippen LogP contribution in [-0.2, 0) is 16.6 Å². The van der Waals surface area contributed by atoms with Gasteiger partial charge in [0.15, 0.2) is 5.78 Å². The molecule has 3 heterocycles. The number of hydrogen-bond donors (Lipinski definition) is 2. The quantitative estimate of drug-likeness (QED) is 0.349. The van der Waals surface area contributed by atoms with E-state index in [1.165, 1.54) is 4.90 Å². The molecule has 0 saturated carbocycles. The highest BCUT2D eigenvalue weighted by atomic mass is 79.9. The number of benzene rings is 2. The molecule has 2 aliphatic rings. The van der Waals surface area contributed by atoms with Crippen LogP contribution in [0, 0.1) is 5.92 Å². The molecule has 2 aliphatic heterocycles. The summed E-state index contributed by atoms with van der Waals surface area (Å²) in [4.78, 5) is 54.6. The Morgan fingerprint density at radius 3 is 2.31 bits per heavy atom. The minimum Gasteiger partial charge on any atom is -0.444 e. The molecule has 2 amide bonds. The number of fused-ring (bicyclic) bond motifs is 1. The van der Waals surface area contributed by atoms with E-state index in [0.717, 1.165) is 33.4 Å². The molecule has 0 aliphatic carbocycles. The van der Waals surface area contributed by atoms with Gasteiger partial charge in [-0.2, -0.15) is 0 Å². The molecular weight excluding hydrogens is 670 g/mol. The number of hydrogen-bond acceptors (Lipinski definition) is 7. The minimum atomic E-state index is -0.559. The Kier molecular flexibility index (Phi) is 9.89. The van der Waals surface area contributed by atoms with Gasteiger partial charge >= 0.3 is 6.09 Å². The van der Waals surface area contributed by atoms with E-state index in [1.807, 2.05) is 18.2 Å². The molecule has 3 aromatic rings. The number of ketones is 1. The average molecular weight is 705 g/mol. The van der Waals surface area contributed by atoms with Gasteiger partial charge in [-0.25, -0.2) is 9.78 Å². The Hall–Kier alpha value is -3.09. The van der Waals surface area contributed by atoms with Crippen molar-refractivity contribution in [3.63, 3.8) is 0 Å². The lowest BCUT2D eigenvalue weighted by atomic mass is 9.99. The lowest BCUT2D eigenvalue weighted by Gasteiger charge is -2.38. The summed E-state index contributed by atoms with van der Waals surface area (Å²) in [6.07, 6.45) is -0.0544. The van der Waals surface area contributed by atoms with E-state index < -0.39 is 11.7 Å². The predicted molar refractivity (Wildman–Crippen MR) is 169 cm³/mol. The molecule has 0 bridgehead atoms. The number of anilines is 1. The molecule has 0 spiro atoms. The molecule has 10 nitrogen and oxygen atoms in total. The molecule has 0 radical (unpaired) electrons. The van der Waals surface area contributed by atoms with Crippen LogP contribution in [0.5, 0.6) is 0 Å². The Balaban J connectivity index is 0.000000206. The van der Waals surface area contributed by atoms with Crippen LogP contribution in [0.15, 0.2) is 50.1 Å². The number of amides is 2. The van der Waals surface area contributed by atoms with Gasteiger partial charge in [-0.3, -0.25) is 19.0 Å². The number of rotatable bonds is 5. The van der Waals surface area contributed by atoms with Crippen molar-refractivity contribution in [2.75, 3.05) is 31.5 Å². The van der Waals surface area contributed by atoms with Crippen LogP contribution in [-0.4, -0.2) is 64.0 Å². The Labute approximate surface area is 261 Å². The number of nitrogens with zero attached hydrogens (tertiary/aromatic N) is 3. The van der Waals surface area contributed by atoms with Gasteiger partial charge in [0, 0.05) is 60.1 Å². The largest absolute Gasteiger partial charge is 0.444 e. The monoisotopic (exact) mass is 703 g/mol. The van der Waals surface area contributed by atoms with Crippen molar-refractivity contribution >= 4 is 66.2 Å². The summed E-state index contributed by atoms with van der Waals surface area (Å²) in [6.45, 7) is 9.61. The van der Waals surface area contributed by atoms with E-state index in [0.29, 0.717) is 42.1 Å². The minimum absolute atomic E-state index is 0.0319. The molecule has 0 atom stereocenters. The highest BCUT2D eigenvalue weighted by Gasteiger charge is 2.38. The number of halogens is 2. The van der Waals surface area contributed by atoms with Gasteiger partial charge in [-0.05, 0) is 57.2 Å². The maximum atomic E-state index is 12.4. The fourth-order valence-corrected chi connectivity index (χ4v) is 5.22. The first-order valence-corrected chi connectivity index (χ1v) is 15.3. The molecule has 0 unspecified atom stereocenters. The second-order valence-corrected chi connectivity index (χ2v) is 13.2. The number of Topliss-reactive ketones (excluding diaryl/α,β-unsaturated/α-hetero) is 1. The van der Waals surface area contributed by atoms with Gasteiger partial charge < -0.3 is 20.3 Å². The van der Waals surface area contributed by atoms with E-state index in [1.54, 1.807) is 57.5 Å². The average Bonchev–Trinajstić information content (AvgIpc) is 2.84. The van der Waals surface area contributed by atoms with E-state index in [9.17, 15) is 19.2 Å². The second-order valence-electron chi connectivity index (χ2n) is 11.4. The molecule has 224 valence electrons. The zero-order chi connectivity index (χ0) is 30.8. The van der Waals surface area contributed by atoms with Crippen LogP contribution >= 0.6 is 31.9 Å². The van der Waals surface area contributed by atoms with Gasteiger partial charge in [0.25, 0.3) is 5.56 Å². The molecule has 5 rings (SSSR count). The summed E-state index contributed by atoms with van der Waals surface area (Å²) in [6, 6.07) is 10.8. The summed E-state index contributed by atoms with van der Waals surface area (Å²) >= 11 is 6.76. The number of carbonyl (C=O) groups is 3. The maximum Gasteiger partial charge on any atom is 0.410 e. The van der Waals surface area contributed by atoms with Crippen molar-refractivity contribution in [2.45, 2.75) is 45.6 Å². The molecule has 2 aromatic carbocycles. The zero-order valence-corrected chi connectivity index (χ0v) is 27.5. The summed E-state index contributed by atoms with van der Waals surface area (Å²) in [5, 5.41) is 6.68. The van der Waals surface area contributed by atoms with Crippen LogP contribution < -0.4 is 16.2 Å². The number of aromatic nitrogens is 2. The fourth-order valence-electron chi connectivity index (χ4n) is 4.51. The van der Waals surface area contributed by atoms with Crippen molar-refractivity contribution in [1.82, 2.24) is 19.8 Å². The van der Waals surface area contributed by atoms with Crippen molar-refractivity contribution in [1.29, 1.82) is 0 Å². The SMILES string of the molecule is CCC(=O)c1ccc(Br)cc1NC(=O)C1CN(C(=O)OC(C)(C)C)C1.Cn1c(C2CNC2)nc2cc(Br)ccc2c1=O. The molecule has 2 N–H and O–H groups in total. The van der Waals surface area contributed by atoms with Gasteiger partial charge in [0.2, 0.25) is 5.91 Å². The van der Waals surface area contributed by atoms with Gasteiger partial charge in [0.1, 0.15) is 11.4 Å². The number of nitrogens with one attached hydrogen (secondary N) is 2. The van der Waals surface area contributed by atoms with Gasteiger partial charge in [0.05, 0.1) is 22.5 Å². The third kappa shape index (κ3) is 7.45. The molecule has 1 aromatic heterocycles. The maximum absolute atomic E-state index is 12.4. The van der Waals surface area contributed by atoms with Crippen molar-refractivity contribution in [2.24, 2.45) is 13.0 Å². The third-order valence-corrected chi connectivity index (χ3v) is 7.97. The molecule has 42 heavy (non-hydrogen) atoms. The molecular formula is C30H35Br2N5O5. The first-order valence-electron chi connectivity index (χ1n) is 13.8. The zero-order valence-electron chi connectivity index (χ0n) is 24.3.